The second-order valence-corrected chi connectivity index (χ2v) is 8.92. The molecule has 0 aliphatic carbocycles. The van der Waals surface area contributed by atoms with Crippen LogP contribution in [0.3, 0.4) is 0 Å². The maximum absolute atomic E-state index is 4.65. The maximum Gasteiger partial charge on any atom is 0.134 e. The lowest BCUT2D eigenvalue weighted by Gasteiger charge is -2.21. The second-order valence-electron chi connectivity index (χ2n) is 6.55. The first-order valence-corrected chi connectivity index (χ1v) is 11.6. The minimum absolute atomic E-state index is 0.579. The summed E-state index contributed by atoms with van der Waals surface area (Å²) >= 11 is 4.85. The maximum atomic E-state index is 4.65. The van der Waals surface area contributed by atoms with Crippen molar-refractivity contribution < 1.29 is 0 Å². The van der Waals surface area contributed by atoms with Crippen LogP contribution in [0.5, 0.6) is 0 Å². The van der Waals surface area contributed by atoms with E-state index in [1.807, 2.05) is 0 Å². The minimum atomic E-state index is 0.579. The van der Waals surface area contributed by atoms with Crippen LogP contribution in [0.25, 0.3) is 0 Å². The number of benzene rings is 1. The average molecular weight is 388 g/mol. The fraction of sp³-hybridized carbons (Fsp3) is 0.474. The van der Waals surface area contributed by atoms with Gasteiger partial charge >= 0.3 is 0 Å². The Morgan fingerprint density at radius 1 is 1.32 bits per heavy atom. The Labute approximate surface area is 162 Å². The summed E-state index contributed by atoms with van der Waals surface area (Å²) in [6, 6.07) is 8.40. The van der Waals surface area contributed by atoms with Gasteiger partial charge in [-0.15, -0.1) is 11.8 Å². The van der Waals surface area contributed by atoms with Crippen LogP contribution in [0.1, 0.15) is 30.0 Å². The van der Waals surface area contributed by atoms with Gasteiger partial charge in [0, 0.05) is 29.5 Å². The van der Waals surface area contributed by atoms with E-state index in [0.29, 0.717) is 5.92 Å². The summed E-state index contributed by atoms with van der Waals surface area (Å²) in [7, 11) is 0. The molecular weight excluding hydrogens is 366 g/mol. The molecule has 6 heteroatoms. The van der Waals surface area contributed by atoms with Crippen molar-refractivity contribution in [3.8, 4) is 11.8 Å². The van der Waals surface area contributed by atoms with Crippen LogP contribution in [-0.4, -0.2) is 45.3 Å². The molecule has 2 aromatic rings. The van der Waals surface area contributed by atoms with Crippen molar-refractivity contribution in [1.82, 2.24) is 13.6 Å². The van der Waals surface area contributed by atoms with Crippen LogP contribution < -0.4 is 0 Å². The lowest BCUT2D eigenvalue weighted by Crippen LogP contribution is -2.25. The molecule has 0 amide bonds. The third kappa shape index (κ3) is 4.06. The van der Waals surface area contributed by atoms with Crippen LogP contribution in [-0.2, 0) is 0 Å². The van der Waals surface area contributed by atoms with Crippen molar-refractivity contribution in [2.75, 3.05) is 31.6 Å². The molecule has 130 valence electrons. The van der Waals surface area contributed by atoms with Crippen LogP contribution in [0.15, 0.2) is 34.2 Å². The van der Waals surface area contributed by atoms with Gasteiger partial charge in [0.05, 0.1) is 23.2 Å². The highest BCUT2D eigenvalue weighted by Crippen LogP contribution is 2.41. The number of rotatable bonds is 4. The molecule has 0 radical (unpaired) electrons. The van der Waals surface area contributed by atoms with Gasteiger partial charge in [-0.25, -0.2) is 0 Å². The van der Waals surface area contributed by atoms with E-state index in [-0.39, 0.29) is 0 Å². The minimum Gasteiger partial charge on any atom is -0.302 e. The first-order chi connectivity index (χ1) is 12.3. The smallest absolute Gasteiger partial charge is 0.134 e. The quantitative estimate of drug-likeness (QED) is 0.579. The SMILES string of the molecule is CSc1cccc(C#CCSc2nsnc2[C@@H]2CN3CCC[C@H]2C3)c1. The van der Waals surface area contributed by atoms with Gasteiger partial charge in [0.15, 0.2) is 0 Å². The average Bonchev–Trinajstić information content (AvgIpc) is 3.22. The Morgan fingerprint density at radius 3 is 3.16 bits per heavy atom. The number of aromatic nitrogens is 2. The molecule has 1 unspecified atom stereocenters. The van der Waals surface area contributed by atoms with Crippen molar-refractivity contribution in [3.05, 3.63) is 35.5 Å². The number of fused-ring (bicyclic) bond motifs is 2. The summed E-state index contributed by atoms with van der Waals surface area (Å²) in [4.78, 5) is 3.85. The second kappa shape index (κ2) is 8.13. The molecule has 2 aliphatic rings. The normalized spacial score (nSPS) is 24.8. The predicted octanol–water partition coefficient (Wildman–Crippen LogP) is 4.21. The molecule has 3 nitrogen and oxygen atoms in total. The van der Waals surface area contributed by atoms with Crippen LogP contribution in [0, 0.1) is 17.8 Å². The molecule has 2 saturated heterocycles. The summed E-state index contributed by atoms with van der Waals surface area (Å²) in [6.45, 7) is 3.67. The number of thioether (sulfide) groups is 2. The zero-order valence-electron chi connectivity index (χ0n) is 14.3. The molecule has 0 saturated carbocycles. The van der Waals surface area contributed by atoms with Crippen LogP contribution in [0.4, 0.5) is 0 Å². The summed E-state index contributed by atoms with van der Waals surface area (Å²) in [5.74, 6) is 8.68. The zero-order chi connectivity index (χ0) is 17.1. The van der Waals surface area contributed by atoms with E-state index in [4.69, 9.17) is 0 Å². The lowest BCUT2D eigenvalue weighted by molar-refractivity contribution is 0.269. The number of hydrogen-bond acceptors (Lipinski definition) is 6. The van der Waals surface area contributed by atoms with Gasteiger partial charge in [-0.2, -0.15) is 8.75 Å². The highest BCUT2D eigenvalue weighted by Gasteiger charge is 2.38. The molecular formula is C19H21N3S3. The van der Waals surface area contributed by atoms with E-state index in [0.717, 1.165) is 28.8 Å². The van der Waals surface area contributed by atoms with Gasteiger partial charge in [0.25, 0.3) is 0 Å². The molecule has 1 aromatic carbocycles. The Morgan fingerprint density at radius 2 is 2.28 bits per heavy atom. The van der Waals surface area contributed by atoms with E-state index >= 15 is 0 Å². The number of hydrogen-bond donors (Lipinski definition) is 0. The van der Waals surface area contributed by atoms with E-state index in [2.05, 4.69) is 56.0 Å². The zero-order valence-corrected chi connectivity index (χ0v) is 16.7. The third-order valence-electron chi connectivity index (χ3n) is 4.98. The topological polar surface area (TPSA) is 29.0 Å². The van der Waals surface area contributed by atoms with Crippen LogP contribution >= 0.6 is 35.3 Å². The standard InChI is InChI=1S/C19H21N3S3/c1-23-16-8-2-5-14(11-16)6-4-10-24-19-18(20-25-21-19)17-13-22-9-3-7-15(17)12-22/h2,5,8,11,15,17H,3,7,9-10,12-13H2,1H3/t15-,17+/m0/s1. The molecule has 0 spiro atoms. The molecule has 2 fully saturated rings. The fourth-order valence-corrected chi connectivity index (χ4v) is 5.75. The van der Waals surface area contributed by atoms with Gasteiger partial charge in [0.1, 0.15) is 5.03 Å². The molecule has 2 aliphatic heterocycles. The summed E-state index contributed by atoms with van der Waals surface area (Å²) in [5.41, 5.74) is 2.32. The molecule has 3 heterocycles. The number of nitrogens with zero attached hydrogens (tertiary/aromatic N) is 3. The number of piperidine rings is 1. The predicted molar refractivity (Wildman–Crippen MR) is 108 cm³/mol. The summed E-state index contributed by atoms with van der Waals surface area (Å²) in [5, 5.41) is 1.11. The van der Waals surface area contributed by atoms with Crippen LogP contribution in [0.2, 0.25) is 0 Å². The Kier molecular flexibility index (Phi) is 5.66. The highest BCUT2D eigenvalue weighted by molar-refractivity contribution is 7.99. The van der Waals surface area contributed by atoms with Gasteiger partial charge in [-0.3, -0.25) is 0 Å². The fourth-order valence-electron chi connectivity index (χ4n) is 3.78. The van der Waals surface area contributed by atoms with Gasteiger partial charge < -0.3 is 4.90 Å². The molecule has 2 bridgehead atoms. The summed E-state index contributed by atoms with van der Waals surface area (Å²) in [6.07, 6.45) is 4.77. The Bertz CT molecular complexity index is 792. The van der Waals surface area contributed by atoms with Crippen molar-refractivity contribution in [2.24, 2.45) is 5.92 Å². The van der Waals surface area contributed by atoms with Gasteiger partial charge in [-0.1, -0.05) is 29.7 Å². The first kappa shape index (κ1) is 17.4. The molecule has 3 atom stereocenters. The molecule has 25 heavy (non-hydrogen) atoms. The van der Waals surface area contributed by atoms with Crippen molar-refractivity contribution in [3.63, 3.8) is 0 Å². The Hall–Kier alpha value is -1.00. The molecule has 0 N–H and O–H groups in total. The van der Waals surface area contributed by atoms with Crippen molar-refractivity contribution >= 4 is 35.3 Å². The third-order valence-corrected chi connectivity index (χ3v) is 7.23. The van der Waals surface area contributed by atoms with E-state index in [9.17, 15) is 0 Å². The van der Waals surface area contributed by atoms with Gasteiger partial charge in [0.2, 0.25) is 0 Å². The monoisotopic (exact) mass is 387 g/mol. The Balaban J connectivity index is 1.40. The summed E-state index contributed by atoms with van der Waals surface area (Å²) < 4.78 is 9.20. The molecule has 1 aromatic heterocycles. The van der Waals surface area contributed by atoms with Crippen molar-refractivity contribution in [2.45, 2.75) is 28.7 Å². The van der Waals surface area contributed by atoms with Crippen molar-refractivity contribution in [1.29, 1.82) is 0 Å². The first-order valence-electron chi connectivity index (χ1n) is 8.64. The van der Waals surface area contributed by atoms with E-state index in [1.54, 1.807) is 23.5 Å². The highest BCUT2D eigenvalue weighted by atomic mass is 32.2. The molecule has 4 rings (SSSR count). The lowest BCUT2D eigenvalue weighted by atomic mass is 9.89. The van der Waals surface area contributed by atoms with E-state index in [1.165, 1.54) is 48.2 Å². The van der Waals surface area contributed by atoms with E-state index < -0.39 is 0 Å². The van der Waals surface area contributed by atoms with Gasteiger partial charge in [-0.05, 0) is 49.8 Å². The largest absolute Gasteiger partial charge is 0.302 e.